The Balaban J connectivity index is 0.00000193. The molecule has 4 rings (SSSR count). The molecule has 1 heterocycles. The predicted molar refractivity (Wildman–Crippen MR) is 135 cm³/mol. The molecule has 0 radical (unpaired) electrons. The normalized spacial score (nSPS) is 12.4. The van der Waals surface area contributed by atoms with Gasteiger partial charge >= 0.3 is 0 Å². The van der Waals surface area contributed by atoms with Crippen LogP contribution < -0.4 is 22.3 Å². The smallest absolute Gasteiger partial charge is 0.259 e. The molecule has 1 aliphatic carbocycles. The Morgan fingerprint density at radius 2 is 1.58 bits per heavy atom. The van der Waals surface area contributed by atoms with Crippen LogP contribution >= 0.6 is 24.8 Å². The van der Waals surface area contributed by atoms with Crippen molar-refractivity contribution in [1.82, 2.24) is 9.88 Å². The van der Waals surface area contributed by atoms with Crippen LogP contribution in [-0.2, 0) is 11.3 Å². The van der Waals surface area contributed by atoms with Crippen molar-refractivity contribution >= 4 is 47.3 Å². The van der Waals surface area contributed by atoms with Crippen molar-refractivity contribution in [1.29, 1.82) is 0 Å². The van der Waals surface area contributed by atoms with E-state index in [2.05, 4.69) is 5.32 Å². The van der Waals surface area contributed by atoms with Gasteiger partial charge in [0.1, 0.15) is 0 Å². The maximum absolute atomic E-state index is 13.3. The minimum atomic E-state index is -0.604. The zero-order chi connectivity index (χ0) is 22.0. The fourth-order valence-electron chi connectivity index (χ4n) is 4.20. The highest BCUT2D eigenvalue weighted by Crippen LogP contribution is 2.38. The number of carbonyl (C=O) groups excluding carboxylic acids is 2. The third kappa shape index (κ3) is 4.96. The quantitative estimate of drug-likeness (QED) is 0.328. The number of unbranched alkanes of at least 4 members (excludes halogenated alkanes) is 1. The van der Waals surface area contributed by atoms with Crippen molar-refractivity contribution in [3.05, 3.63) is 70.0 Å². The summed E-state index contributed by atoms with van der Waals surface area (Å²) in [5, 5.41) is 3.97. The first-order valence-electron chi connectivity index (χ1n) is 10.6. The summed E-state index contributed by atoms with van der Waals surface area (Å²) in [6.45, 7) is 1.06. The van der Waals surface area contributed by atoms with E-state index in [-0.39, 0.29) is 55.2 Å². The number of nitrogens with zero attached hydrogens (tertiary/aromatic N) is 1. The SMILES string of the molecule is Cl.Cl.NCCCCC(N)C(=O)NCCn1c2c(c3ccccc3c1=O)C(=O)c1ccccc1-2. The molecule has 1 amide bonds. The van der Waals surface area contributed by atoms with Gasteiger partial charge in [0.05, 0.1) is 17.3 Å². The lowest BCUT2D eigenvalue weighted by molar-refractivity contribution is -0.122. The fraction of sp³-hybridized carbons (Fsp3) is 0.292. The largest absolute Gasteiger partial charge is 0.353 e. The molecular formula is C24H28Cl2N4O3. The first-order chi connectivity index (χ1) is 15.0. The van der Waals surface area contributed by atoms with Crippen molar-refractivity contribution in [2.45, 2.75) is 31.8 Å². The van der Waals surface area contributed by atoms with E-state index in [0.717, 1.165) is 18.4 Å². The van der Waals surface area contributed by atoms with Crippen molar-refractivity contribution < 1.29 is 9.59 Å². The average Bonchev–Trinajstić information content (AvgIpc) is 3.09. The lowest BCUT2D eigenvalue weighted by atomic mass is 10.0. The zero-order valence-corrected chi connectivity index (χ0v) is 19.7. The molecule has 1 unspecified atom stereocenters. The van der Waals surface area contributed by atoms with E-state index >= 15 is 0 Å². The lowest BCUT2D eigenvalue weighted by Gasteiger charge is -2.16. The highest BCUT2D eigenvalue weighted by molar-refractivity contribution is 6.26. The number of benzene rings is 2. The maximum Gasteiger partial charge on any atom is 0.259 e. The summed E-state index contributed by atoms with van der Waals surface area (Å²) in [7, 11) is 0. The van der Waals surface area contributed by atoms with Crippen LogP contribution in [0.25, 0.3) is 22.0 Å². The summed E-state index contributed by atoms with van der Waals surface area (Å²) in [6.07, 6.45) is 2.19. The standard InChI is InChI=1S/C24H26N4O3.2ClH/c25-12-6-5-11-19(26)23(30)27-13-14-28-21-16-8-2-3-9-17(16)22(29)20(21)15-7-1-4-10-18(15)24(28)31;;/h1-4,7-10,19H,5-6,11-14,25-26H2,(H,27,30);2*1H. The van der Waals surface area contributed by atoms with Gasteiger partial charge in [0.15, 0.2) is 5.78 Å². The number of amides is 1. The van der Waals surface area contributed by atoms with Gasteiger partial charge in [0, 0.05) is 35.0 Å². The monoisotopic (exact) mass is 490 g/mol. The molecule has 9 heteroatoms. The van der Waals surface area contributed by atoms with Crippen LogP contribution in [0.4, 0.5) is 0 Å². The number of nitrogens with one attached hydrogen (secondary N) is 1. The van der Waals surface area contributed by atoms with E-state index in [9.17, 15) is 14.4 Å². The van der Waals surface area contributed by atoms with Crippen LogP contribution in [0, 0.1) is 0 Å². The summed E-state index contributed by atoms with van der Waals surface area (Å²) >= 11 is 0. The molecular weight excluding hydrogens is 463 g/mol. The van der Waals surface area contributed by atoms with Gasteiger partial charge in [-0.05, 0) is 25.5 Å². The zero-order valence-electron chi connectivity index (χ0n) is 18.1. The van der Waals surface area contributed by atoms with Gasteiger partial charge in [0.2, 0.25) is 5.91 Å². The Kier molecular flexibility index (Phi) is 9.19. The van der Waals surface area contributed by atoms with Crippen LogP contribution in [0.5, 0.6) is 0 Å². The van der Waals surface area contributed by atoms with E-state index in [1.165, 1.54) is 0 Å². The topological polar surface area (TPSA) is 120 Å². The minimum Gasteiger partial charge on any atom is -0.353 e. The Labute approximate surface area is 204 Å². The molecule has 7 nitrogen and oxygen atoms in total. The van der Waals surface area contributed by atoms with Crippen molar-refractivity contribution in [2.24, 2.45) is 11.5 Å². The number of fused-ring (bicyclic) bond motifs is 5. The second kappa shape index (κ2) is 11.4. The van der Waals surface area contributed by atoms with E-state index in [1.807, 2.05) is 30.3 Å². The molecule has 1 aliphatic rings. The van der Waals surface area contributed by atoms with E-state index < -0.39 is 6.04 Å². The highest BCUT2D eigenvalue weighted by atomic mass is 35.5. The summed E-state index contributed by atoms with van der Waals surface area (Å²) in [4.78, 5) is 38.7. The molecule has 0 saturated heterocycles. The van der Waals surface area contributed by atoms with Crippen LogP contribution in [0.3, 0.4) is 0 Å². The fourth-order valence-corrected chi connectivity index (χ4v) is 4.20. The molecule has 0 spiro atoms. The second-order valence-electron chi connectivity index (χ2n) is 7.78. The van der Waals surface area contributed by atoms with Crippen molar-refractivity contribution in [2.75, 3.05) is 13.1 Å². The van der Waals surface area contributed by atoms with Crippen molar-refractivity contribution in [3.63, 3.8) is 0 Å². The Morgan fingerprint density at radius 1 is 0.939 bits per heavy atom. The molecule has 33 heavy (non-hydrogen) atoms. The molecule has 0 bridgehead atoms. The van der Waals surface area contributed by atoms with Gasteiger partial charge in [-0.25, -0.2) is 0 Å². The average molecular weight is 491 g/mol. The van der Waals surface area contributed by atoms with Crippen LogP contribution in [0.15, 0.2) is 53.3 Å². The maximum atomic E-state index is 13.3. The third-order valence-electron chi connectivity index (χ3n) is 5.77. The third-order valence-corrected chi connectivity index (χ3v) is 5.77. The first-order valence-corrected chi connectivity index (χ1v) is 10.6. The van der Waals surface area contributed by atoms with E-state index in [1.54, 1.807) is 22.8 Å². The Hall–Kier alpha value is -2.71. The van der Waals surface area contributed by atoms with Crippen LogP contribution in [-0.4, -0.2) is 35.4 Å². The number of pyridine rings is 1. The van der Waals surface area contributed by atoms with E-state index in [4.69, 9.17) is 11.5 Å². The molecule has 0 aliphatic heterocycles. The molecule has 1 atom stereocenters. The van der Waals surface area contributed by atoms with Gasteiger partial charge in [-0.15, -0.1) is 24.8 Å². The van der Waals surface area contributed by atoms with Gasteiger partial charge in [-0.3, -0.25) is 14.4 Å². The Bertz CT molecular complexity index is 1230. The summed E-state index contributed by atoms with van der Waals surface area (Å²) in [6, 6.07) is 13.9. The number of rotatable bonds is 8. The summed E-state index contributed by atoms with van der Waals surface area (Å²) in [5.41, 5.74) is 13.7. The Morgan fingerprint density at radius 3 is 2.27 bits per heavy atom. The number of halogens is 2. The van der Waals surface area contributed by atoms with Gasteiger partial charge in [-0.1, -0.05) is 48.9 Å². The molecule has 0 fully saturated rings. The van der Waals surface area contributed by atoms with Crippen molar-refractivity contribution in [3.8, 4) is 11.3 Å². The van der Waals surface area contributed by atoms with Gasteiger partial charge < -0.3 is 21.4 Å². The number of carbonyl (C=O) groups is 2. The number of ketones is 1. The number of aromatic nitrogens is 1. The second-order valence-corrected chi connectivity index (χ2v) is 7.78. The van der Waals surface area contributed by atoms with Crippen LogP contribution in [0.2, 0.25) is 0 Å². The molecule has 1 aromatic heterocycles. The minimum absolute atomic E-state index is 0. The molecule has 5 N–H and O–H groups in total. The van der Waals surface area contributed by atoms with E-state index in [0.29, 0.717) is 40.6 Å². The van der Waals surface area contributed by atoms with Gasteiger partial charge in [-0.2, -0.15) is 0 Å². The summed E-state index contributed by atoms with van der Waals surface area (Å²) < 4.78 is 1.60. The molecule has 3 aromatic rings. The highest BCUT2D eigenvalue weighted by Gasteiger charge is 2.32. The molecule has 0 saturated carbocycles. The molecule has 176 valence electrons. The number of hydrogen-bond acceptors (Lipinski definition) is 5. The predicted octanol–water partition coefficient (Wildman–Crippen LogP) is 2.63. The number of hydrogen-bond donors (Lipinski definition) is 3. The molecule has 2 aromatic carbocycles. The van der Waals surface area contributed by atoms with Crippen LogP contribution in [0.1, 0.15) is 35.2 Å². The first kappa shape index (κ1) is 26.5. The number of nitrogens with two attached hydrogens (primary N) is 2. The summed E-state index contributed by atoms with van der Waals surface area (Å²) in [5.74, 6) is -0.333. The lowest BCUT2D eigenvalue weighted by Crippen LogP contribution is -2.42. The van der Waals surface area contributed by atoms with Gasteiger partial charge in [0.25, 0.3) is 5.56 Å².